The van der Waals surface area contributed by atoms with E-state index in [2.05, 4.69) is 24.1 Å². The van der Waals surface area contributed by atoms with Crippen molar-refractivity contribution in [2.24, 2.45) is 28.9 Å². The van der Waals surface area contributed by atoms with Crippen LogP contribution in [0.15, 0.2) is 24.4 Å². The Labute approximate surface area is 193 Å². The van der Waals surface area contributed by atoms with Gasteiger partial charge in [-0.1, -0.05) is 13.8 Å². The molecule has 3 N–H and O–H groups in total. The molecule has 174 valence electrons. The number of hydrogen-bond donors (Lipinski definition) is 2. The number of aromatic nitrogens is 2. The van der Waals surface area contributed by atoms with Crippen molar-refractivity contribution in [3.63, 3.8) is 0 Å². The van der Waals surface area contributed by atoms with Gasteiger partial charge in [0.2, 0.25) is 11.8 Å². The predicted octanol–water partition coefficient (Wildman–Crippen LogP) is 2.67. The largest absolute Gasteiger partial charge is 0.364 e. The number of likely N-dealkylation sites (tertiary alicyclic amines) is 1. The monoisotopic (exact) mass is 449 g/mol. The first kappa shape index (κ1) is 21.7. The van der Waals surface area contributed by atoms with Gasteiger partial charge in [-0.05, 0) is 60.3 Å². The number of carbonyl (C=O) groups excluding carboxylic acids is 3. The second kappa shape index (κ2) is 7.71. The normalized spacial score (nSPS) is 25.1. The van der Waals surface area contributed by atoms with Gasteiger partial charge in [0.25, 0.3) is 5.91 Å². The molecule has 0 radical (unpaired) electrons. The van der Waals surface area contributed by atoms with Gasteiger partial charge < -0.3 is 20.5 Å². The Morgan fingerprint density at radius 1 is 1.15 bits per heavy atom. The number of amides is 3. The van der Waals surface area contributed by atoms with Crippen molar-refractivity contribution in [2.45, 2.75) is 46.6 Å². The van der Waals surface area contributed by atoms with Crippen molar-refractivity contribution in [3.8, 4) is 11.1 Å². The van der Waals surface area contributed by atoms with Crippen LogP contribution in [0.3, 0.4) is 0 Å². The number of nitrogens with zero attached hydrogens (tertiary/aromatic N) is 3. The number of rotatable bonds is 4. The molecule has 3 amide bonds. The van der Waals surface area contributed by atoms with Crippen LogP contribution in [-0.4, -0.2) is 45.3 Å². The van der Waals surface area contributed by atoms with Crippen LogP contribution in [0.4, 0.5) is 5.82 Å². The third kappa shape index (κ3) is 3.92. The molecule has 3 aliphatic rings. The standard InChI is InChI=1S/C25H31N5O3/c1-14(31)29-11-17-6-16(7-18(17)12-29)24(33)28-22-8-15(4-5-27-22)19-9-20(23(26)32)30-13-25(2,3)10-21(19)30/h4-5,8-9,16-18H,6-7,10-13H2,1-3H3,(H2,26,32)(H,27,28,33)/t16?,17-,18?/m0/s1. The maximum absolute atomic E-state index is 13.0. The summed E-state index contributed by atoms with van der Waals surface area (Å²) in [5, 5.41) is 3.00. The molecule has 0 bridgehead atoms. The molecule has 4 heterocycles. The van der Waals surface area contributed by atoms with E-state index in [1.54, 1.807) is 13.1 Å². The summed E-state index contributed by atoms with van der Waals surface area (Å²) in [6, 6.07) is 5.63. The van der Waals surface area contributed by atoms with E-state index in [1.807, 2.05) is 27.7 Å². The average Bonchev–Trinajstić information content (AvgIpc) is 3.45. The Hall–Kier alpha value is -3.16. The molecule has 2 aliphatic heterocycles. The quantitative estimate of drug-likeness (QED) is 0.748. The van der Waals surface area contributed by atoms with Crippen LogP contribution >= 0.6 is 0 Å². The molecule has 1 saturated heterocycles. The van der Waals surface area contributed by atoms with E-state index in [1.165, 1.54) is 0 Å². The molecule has 0 aromatic carbocycles. The first-order valence-corrected chi connectivity index (χ1v) is 11.7. The second-order valence-corrected chi connectivity index (χ2v) is 10.7. The van der Waals surface area contributed by atoms with Gasteiger partial charge in [-0.25, -0.2) is 4.98 Å². The third-order valence-corrected chi connectivity index (χ3v) is 7.58. The fourth-order valence-corrected chi connectivity index (χ4v) is 6.02. The molecule has 8 heteroatoms. The van der Waals surface area contributed by atoms with Gasteiger partial charge in [0.15, 0.2) is 0 Å². The van der Waals surface area contributed by atoms with Gasteiger partial charge in [0.05, 0.1) is 0 Å². The summed E-state index contributed by atoms with van der Waals surface area (Å²) >= 11 is 0. The zero-order chi connectivity index (χ0) is 23.5. The molecule has 2 aromatic heterocycles. The second-order valence-electron chi connectivity index (χ2n) is 10.7. The molecular weight excluding hydrogens is 418 g/mol. The minimum absolute atomic E-state index is 0.00973. The lowest BCUT2D eigenvalue weighted by atomic mass is 9.89. The van der Waals surface area contributed by atoms with Crippen LogP contribution in [0.25, 0.3) is 11.1 Å². The van der Waals surface area contributed by atoms with Crippen molar-refractivity contribution in [2.75, 3.05) is 18.4 Å². The number of carbonyl (C=O) groups is 3. The molecule has 33 heavy (non-hydrogen) atoms. The van der Waals surface area contributed by atoms with E-state index >= 15 is 0 Å². The first-order chi connectivity index (χ1) is 15.6. The topological polar surface area (TPSA) is 110 Å². The van der Waals surface area contributed by atoms with E-state index < -0.39 is 5.91 Å². The summed E-state index contributed by atoms with van der Waals surface area (Å²) in [5.41, 5.74) is 9.19. The van der Waals surface area contributed by atoms with Crippen LogP contribution < -0.4 is 11.1 Å². The smallest absolute Gasteiger partial charge is 0.265 e. The molecule has 2 fully saturated rings. The Balaban J connectivity index is 1.32. The highest BCUT2D eigenvalue weighted by atomic mass is 16.2. The molecular formula is C25H31N5O3. The number of fused-ring (bicyclic) bond motifs is 2. The Bertz CT molecular complexity index is 1140. The van der Waals surface area contributed by atoms with Gasteiger partial charge in [0, 0.05) is 49.9 Å². The number of anilines is 1. The number of primary amides is 1. The molecule has 5 rings (SSSR count). The average molecular weight is 450 g/mol. The summed E-state index contributed by atoms with van der Waals surface area (Å²) in [4.78, 5) is 42.9. The molecule has 8 nitrogen and oxygen atoms in total. The molecule has 1 aliphatic carbocycles. The zero-order valence-electron chi connectivity index (χ0n) is 19.4. The van der Waals surface area contributed by atoms with Crippen molar-refractivity contribution in [1.82, 2.24) is 14.5 Å². The molecule has 2 aromatic rings. The number of nitrogens with one attached hydrogen (secondary N) is 1. The minimum Gasteiger partial charge on any atom is -0.364 e. The Morgan fingerprint density at radius 2 is 1.85 bits per heavy atom. The van der Waals surface area contributed by atoms with Crippen molar-refractivity contribution in [3.05, 3.63) is 35.8 Å². The third-order valence-electron chi connectivity index (χ3n) is 7.58. The summed E-state index contributed by atoms with van der Waals surface area (Å²) in [7, 11) is 0. The highest BCUT2D eigenvalue weighted by Gasteiger charge is 2.44. The van der Waals surface area contributed by atoms with E-state index in [-0.39, 0.29) is 23.1 Å². The highest BCUT2D eigenvalue weighted by Crippen LogP contribution is 2.42. The summed E-state index contributed by atoms with van der Waals surface area (Å²) < 4.78 is 2.03. The summed E-state index contributed by atoms with van der Waals surface area (Å²) in [6.07, 6.45) is 4.16. The molecule has 0 spiro atoms. The highest BCUT2D eigenvalue weighted by molar-refractivity contribution is 5.95. The number of hydrogen-bond acceptors (Lipinski definition) is 4. The summed E-state index contributed by atoms with van der Waals surface area (Å²) in [5.74, 6) is 0.944. The molecule has 3 atom stereocenters. The lowest BCUT2D eigenvalue weighted by molar-refractivity contribution is -0.128. The van der Waals surface area contributed by atoms with Crippen LogP contribution in [0.2, 0.25) is 0 Å². The maximum Gasteiger partial charge on any atom is 0.265 e. The van der Waals surface area contributed by atoms with Gasteiger partial charge >= 0.3 is 0 Å². The van der Waals surface area contributed by atoms with Crippen LogP contribution in [0.5, 0.6) is 0 Å². The lowest BCUT2D eigenvalue weighted by Crippen LogP contribution is -2.29. The van der Waals surface area contributed by atoms with E-state index in [0.717, 1.165) is 55.7 Å². The van der Waals surface area contributed by atoms with Crippen LogP contribution in [-0.2, 0) is 22.6 Å². The van der Waals surface area contributed by atoms with Crippen molar-refractivity contribution in [1.29, 1.82) is 0 Å². The van der Waals surface area contributed by atoms with E-state index in [0.29, 0.717) is 23.3 Å². The van der Waals surface area contributed by atoms with Crippen LogP contribution in [0, 0.1) is 23.2 Å². The first-order valence-electron chi connectivity index (χ1n) is 11.7. The summed E-state index contributed by atoms with van der Waals surface area (Å²) in [6.45, 7) is 8.24. The fourth-order valence-electron chi connectivity index (χ4n) is 6.02. The van der Waals surface area contributed by atoms with Gasteiger partial charge in [0.1, 0.15) is 11.5 Å². The van der Waals surface area contributed by atoms with Crippen molar-refractivity contribution >= 4 is 23.5 Å². The minimum atomic E-state index is -0.432. The lowest BCUT2D eigenvalue weighted by Gasteiger charge is -2.17. The fraction of sp³-hybridized carbons (Fsp3) is 0.520. The Morgan fingerprint density at radius 3 is 2.48 bits per heavy atom. The van der Waals surface area contributed by atoms with Gasteiger partial charge in [-0.15, -0.1) is 0 Å². The van der Waals surface area contributed by atoms with Crippen LogP contribution in [0.1, 0.15) is 49.8 Å². The van der Waals surface area contributed by atoms with Crippen molar-refractivity contribution < 1.29 is 14.4 Å². The number of nitrogens with two attached hydrogens (primary N) is 1. The van der Waals surface area contributed by atoms with E-state index in [9.17, 15) is 14.4 Å². The van der Waals surface area contributed by atoms with Gasteiger partial charge in [-0.3, -0.25) is 14.4 Å². The number of pyridine rings is 1. The Kier molecular flexibility index (Phi) is 5.06. The van der Waals surface area contributed by atoms with E-state index in [4.69, 9.17) is 5.73 Å². The molecule has 1 saturated carbocycles. The maximum atomic E-state index is 13.0. The SMILES string of the molecule is CC(=O)N1CC2CC(C(=O)Nc3cc(-c4cc(C(N)=O)n5c4CC(C)(C)C5)ccn3)C[C@H]2C1. The molecule has 2 unspecified atom stereocenters. The predicted molar refractivity (Wildman–Crippen MR) is 124 cm³/mol. The zero-order valence-corrected chi connectivity index (χ0v) is 19.4. The van der Waals surface area contributed by atoms with Gasteiger partial charge in [-0.2, -0.15) is 0 Å².